The van der Waals surface area contributed by atoms with Crippen molar-refractivity contribution in [1.29, 1.82) is 5.41 Å². The molecule has 0 aliphatic carbocycles. The lowest BCUT2D eigenvalue weighted by Crippen LogP contribution is -2.17. The van der Waals surface area contributed by atoms with Crippen LogP contribution in [0.15, 0.2) is 30.6 Å². The van der Waals surface area contributed by atoms with Gasteiger partial charge in [-0.3, -0.25) is 10.1 Å². The molecule has 0 saturated carbocycles. The van der Waals surface area contributed by atoms with Crippen LogP contribution in [-0.4, -0.2) is 22.7 Å². The van der Waals surface area contributed by atoms with Gasteiger partial charge >= 0.3 is 0 Å². The van der Waals surface area contributed by atoms with Gasteiger partial charge in [-0.1, -0.05) is 0 Å². The summed E-state index contributed by atoms with van der Waals surface area (Å²) in [4.78, 5) is 2.15. The van der Waals surface area contributed by atoms with E-state index >= 15 is 0 Å². The first-order chi connectivity index (χ1) is 8.97. The highest BCUT2D eigenvalue weighted by molar-refractivity contribution is 5.96. The molecule has 100 valence electrons. The number of anilines is 1. The van der Waals surface area contributed by atoms with Crippen molar-refractivity contribution in [2.45, 2.75) is 13.5 Å². The van der Waals surface area contributed by atoms with Crippen molar-refractivity contribution in [2.24, 2.45) is 12.8 Å². The minimum atomic E-state index is 0.110. The van der Waals surface area contributed by atoms with E-state index in [1.165, 1.54) is 5.56 Å². The van der Waals surface area contributed by atoms with Gasteiger partial charge in [-0.05, 0) is 30.7 Å². The molecule has 0 saturated heterocycles. The van der Waals surface area contributed by atoms with Crippen molar-refractivity contribution in [1.82, 2.24) is 9.78 Å². The zero-order chi connectivity index (χ0) is 14.0. The van der Waals surface area contributed by atoms with E-state index in [0.717, 1.165) is 23.4 Å². The Labute approximate surface area is 113 Å². The fraction of sp³-hybridized carbons (Fsp3) is 0.286. The lowest BCUT2D eigenvalue weighted by Gasteiger charge is -2.19. The highest BCUT2D eigenvalue weighted by Crippen LogP contribution is 2.19. The van der Waals surface area contributed by atoms with Crippen molar-refractivity contribution in [3.63, 3.8) is 0 Å². The van der Waals surface area contributed by atoms with Crippen molar-refractivity contribution in [3.05, 3.63) is 47.3 Å². The van der Waals surface area contributed by atoms with E-state index in [4.69, 9.17) is 11.1 Å². The highest BCUT2D eigenvalue weighted by Gasteiger charge is 2.07. The molecule has 0 bridgehead atoms. The molecule has 2 aromatic rings. The predicted octanol–water partition coefficient (Wildman–Crippen LogP) is 1.65. The normalized spacial score (nSPS) is 10.5. The van der Waals surface area contributed by atoms with E-state index in [1.807, 2.05) is 51.6 Å². The van der Waals surface area contributed by atoms with E-state index in [-0.39, 0.29) is 5.84 Å². The van der Waals surface area contributed by atoms with Gasteiger partial charge in [-0.15, -0.1) is 0 Å². The number of nitrogen functional groups attached to an aromatic ring is 1. The molecule has 19 heavy (non-hydrogen) atoms. The molecule has 1 aromatic heterocycles. The highest BCUT2D eigenvalue weighted by atomic mass is 15.2. The number of nitrogens with one attached hydrogen (secondary N) is 1. The van der Waals surface area contributed by atoms with Crippen LogP contribution in [0.2, 0.25) is 0 Å². The van der Waals surface area contributed by atoms with Crippen molar-refractivity contribution in [3.8, 4) is 0 Å². The van der Waals surface area contributed by atoms with Gasteiger partial charge in [0.15, 0.2) is 0 Å². The van der Waals surface area contributed by atoms with Crippen LogP contribution in [0, 0.1) is 12.3 Å². The Bertz CT molecular complexity index is 600. The van der Waals surface area contributed by atoms with Crippen LogP contribution in [0.1, 0.15) is 16.7 Å². The maximum absolute atomic E-state index is 7.49. The van der Waals surface area contributed by atoms with Gasteiger partial charge in [-0.2, -0.15) is 5.10 Å². The molecule has 5 heteroatoms. The first-order valence-corrected chi connectivity index (χ1v) is 6.11. The average molecular weight is 257 g/mol. The molecule has 0 unspecified atom stereocenters. The van der Waals surface area contributed by atoms with Crippen LogP contribution in [0.4, 0.5) is 5.69 Å². The lowest BCUT2D eigenvalue weighted by atomic mass is 10.1. The molecule has 2 rings (SSSR count). The molecule has 3 N–H and O–H groups in total. The van der Waals surface area contributed by atoms with Crippen LogP contribution < -0.4 is 10.6 Å². The zero-order valence-electron chi connectivity index (χ0n) is 11.5. The van der Waals surface area contributed by atoms with Gasteiger partial charge in [0.1, 0.15) is 5.84 Å². The first-order valence-electron chi connectivity index (χ1n) is 6.11. The Morgan fingerprint density at radius 2 is 2.21 bits per heavy atom. The third kappa shape index (κ3) is 2.93. The summed E-state index contributed by atoms with van der Waals surface area (Å²) in [6.07, 6.45) is 3.88. The number of nitrogens with two attached hydrogens (primary N) is 1. The summed E-state index contributed by atoms with van der Waals surface area (Å²) in [7, 11) is 3.95. The molecule has 0 aliphatic rings. The molecule has 0 amide bonds. The smallest absolute Gasteiger partial charge is 0.123 e. The Morgan fingerprint density at radius 1 is 1.47 bits per heavy atom. The summed E-state index contributed by atoms with van der Waals surface area (Å²) in [5, 5.41) is 11.7. The van der Waals surface area contributed by atoms with Gasteiger partial charge in [0.2, 0.25) is 0 Å². The number of nitrogens with zero attached hydrogens (tertiary/aromatic N) is 3. The van der Waals surface area contributed by atoms with Crippen molar-refractivity contribution in [2.75, 3.05) is 11.9 Å². The third-order valence-electron chi connectivity index (χ3n) is 3.12. The predicted molar refractivity (Wildman–Crippen MR) is 77.5 cm³/mol. The summed E-state index contributed by atoms with van der Waals surface area (Å²) in [6.45, 7) is 2.77. The van der Waals surface area contributed by atoms with Crippen LogP contribution in [0.5, 0.6) is 0 Å². The molecule has 5 nitrogen and oxygen atoms in total. The van der Waals surface area contributed by atoms with Gasteiger partial charge in [-0.25, -0.2) is 0 Å². The molecular formula is C14H19N5. The monoisotopic (exact) mass is 257 g/mol. The fourth-order valence-corrected chi connectivity index (χ4v) is 2.11. The second-order valence-corrected chi connectivity index (χ2v) is 4.79. The Kier molecular flexibility index (Phi) is 3.55. The summed E-state index contributed by atoms with van der Waals surface area (Å²) < 4.78 is 1.80. The standard InChI is InChI=1S/C14H19N5/c1-10-6-12(4-5-13(10)14(15)16)18(2)8-11-7-17-19(3)9-11/h4-7,9H,8H2,1-3H3,(H3,15,16). The van der Waals surface area contributed by atoms with E-state index in [2.05, 4.69) is 10.00 Å². The number of amidine groups is 1. The van der Waals surface area contributed by atoms with E-state index in [9.17, 15) is 0 Å². The van der Waals surface area contributed by atoms with Gasteiger partial charge in [0, 0.05) is 43.7 Å². The van der Waals surface area contributed by atoms with E-state index < -0.39 is 0 Å². The van der Waals surface area contributed by atoms with E-state index in [0.29, 0.717) is 0 Å². The average Bonchev–Trinajstić information content (AvgIpc) is 2.74. The minimum Gasteiger partial charge on any atom is -0.384 e. The largest absolute Gasteiger partial charge is 0.384 e. The molecule has 0 atom stereocenters. The van der Waals surface area contributed by atoms with Gasteiger partial charge in [0.25, 0.3) is 0 Å². The van der Waals surface area contributed by atoms with Gasteiger partial charge in [0.05, 0.1) is 6.20 Å². The molecule has 0 aliphatic heterocycles. The summed E-state index contributed by atoms with van der Waals surface area (Å²) in [6, 6.07) is 5.93. The minimum absolute atomic E-state index is 0.110. The molecular weight excluding hydrogens is 238 g/mol. The number of hydrogen-bond acceptors (Lipinski definition) is 3. The lowest BCUT2D eigenvalue weighted by molar-refractivity contribution is 0.766. The van der Waals surface area contributed by atoms with Crippen LogP contribution in [0.3, 0.4) is 0 Å². The molecule has 1 heterocycles. The van der Waals surface area contributed by atoms with Gasteiger partial charge < -0.3 is 10.6 Å². The first kappa shape index (κ1) is 13.1. The molecule has 1 aromatic carbocycles. The van der Waals surface area contributed by atoms with Crippen molar-refractivity contribution >= 4 is 11.5 Å². The van der Waals surface area contributed by atoms with Crippen LogP contribution in [-0.2, 0) is 13.6 Å². The molecule has 0 spiro atoms. The Hall–Kier alpha value is -2.30. The second-order valence-electron chi connectivity index (χ2n) is 4.79. The topological polar surface area (TPSA) is 70.9 Å². The Morgan fingerprint density at radius 3 is 2.74 bits per heavy atom. The summed E-state index contributed by atoms with van der Waals surface area (Å²) in [5.41, 5.74) is 9.60. The maximum Gasteiger partial charge on any atom is 0.123 e. The number of aryl methyl sites for hydroxylation is 2. The summed E-state index contributed by atoms with van der Waals surface area (Å²) >= 11 is 0. The SMILES string of the molecule is Cc1cc(N(C)Cc2cnn(C)c2)ccc1C(=N)N. The van der Waals surface area contributed by atoms with Crippen molar-refractivity contribution < 1.29 is 0 Å². The number of aromatic nitrogens is 2. The van der Waals surface area contributed by atoms with Crippen LogP contribution >= 0.6 is 0 Å². The number of benzene rings is 1. The summed E-state index contributed by atoms with van der Waals surface area (Å²) in [5.74, 6) is 0.110. The zero-order valence-corrected chi connectivity index (χ0v) is 11.5. The maximum atomic E-state index is 7.49. The molecule has 0 fully saturated rings. The second kappa shape index (κ2) is 5.14. The fourth-order valence-electron chi connectivity index (χ4n) is 2.11. The molecule has 0 radical (unpaired) electrons. The Balaban J connectivity index is 2.17. The number of rotatable bonds is 4. The third-order valence-corrected chi connectivity index (χ3v) is 3.12. The van der Waals surface area contributed by atoms with Crippen LogP contribution in [0.25, 0.3) is 0 Å². The quantitative estimate of drug-likeness (QED) is 0.646. The number of hydrogen-bond donors (Lipinski definition) is 2. The van der Waals surface area contributed by atoms with E-state index in [1.54, 1.807) is 4.68 Å².